The highest BCUT2D eigenvalue weighted by atomic mass is 16.4. The number of nitrogen functional groups attached to an aromatic ring is 1. The molecule has 2 rings (SSSR count). The first-order valence-electron chi connectivity index (χ1n) is 10.2. The van der Waals surface area contributed by atoms with Crippen molar-refractivity contribution in [3.63, 3.8) is 0 Å². The minimum absolute atomic E-state index is 0.250. The Morgan fingerprint density at radius 2 is 1.52 bits per heavy atom. The minimum Gasteiger partial charge on any atom is -0.483 e. The average molecular weight is 435 g/mol. The number of benzene rings is 2. The van der Waals surface area contributed by atoms with Crippen LogP contribution < -0.4 is 16.4 Å². The minimum atomic E-state index is -0.250. The second-order valence-corrected chi connectivity index (χ2v) is 6.11. The van der Waals surface area contributed by atoms with Gasteiger partial charge in [-0.25, -0.2) is 0 Å². The molecule has 0 spiro atoms. The molecule has 0 heterocycles. The van der Waals surface area contributed by atoms with Crippen LogP contribution in [-0.4, -0.2) is 52.2 Å². The highest BCUT2D eigenvalue weighted by Gasteiger charge is 1.94. The van der Waals surface area contributed by atoms with Crippen LogP contribution in [0.2, 0.25) is 0 Å². The van der Waals surface area contributed by atoms with Crippen molar-refractivity contribution in [3.8, 4) is 0 Å². The molecule has 31 heavy (non-hydrogen) atoms. The molecular weight excluding hydrogens is 392 g/mol. The lowest BCUT2D eigenvalue weighted by atomic mass is 10.1. The number of unbranched alkanes of at least 4 members (excludes halogenated alkanes) is 1. The van der Waals surface area contributed by atoms with E-state index in [1.165, 1.54) is 12.8 Å². The Bertz CT molecular complexity index is 618. The van der Waals surface area contributed by atoms with Gasteiger partial charge in [0, 0.05) is 37.9 Å². The summed E-state index contributed by atoms with van der Waals surface area (Å²) in [5.41, 5.74) is 9.26. The van der Waals surface area contributed by atoms with E-state index in [-0.39, 0.29) is 6.47 Å². The monoisotopic (exact) mass is 434 g/mol. The van der Waals surface area contributed by atoms with Crippen molar-refractivity contribution in [2.24, 2.45) is 0 Å². The smallest absolute Gasteiger partial charge is 0.290 e. The van der Waals surface area contributed by atoms with Crippen LogP contribution in [0.4, 0.5) is 11.4 Å². The fourth-order valence-electron chi connectivity index (χ4n) is 1.85. The van der Waals surface area contributed by atoms with Gasteiger partial charge in [0.25, 0.3) is 6.47 Å². The summed E-state index contributed by atoms with van der Waals surface area (Å²) in [6, 6.07) is 17.6. The van der Waals surface area contributed by atoms with E-state index in [1.807, 2.05) is 75.6 Å². The molecule has 0 fully saturated rings. The molecule has 176 valence electrons. The third kappa shape index (κ3) is 25.1. The topological polar surface area (TPSA) is 120 Å². The molecule has 0 amide bonds. The normalized spacial score (nSPS) is 8.32. The molecule has 7 heteroatoms. The van der Waals surface area contributed by atoms with Gasteiger partial charge in [0.1, 0.15) is 0 Å². The van der Waals surface area contributed by atoms with E-state index in [1.54, 1.807) is 14.2 Å². The maximum absolute atomic E-state index is 8.36. The molecule has 0 unspecified atom stereocenters. The van der Waals surface area contributed by atoms with Crippen LogP contribution in [0.25, 0.3) is 0 Å². The second-order valence-electron chi connectivity index (χ2n) is 6.11. The Morgan fingerprint density at radius 3 is 1.90 bits per heavy atom. The van der Waals surface area contributed by atoms with E-state index >= 15 is 0 Å². The van der Waals surface area contributed by atoms with Crippen LogP contribution in [0.15, 0.2) is 54.6 Å². The molecule has 0 aliphatic rings. The lowest BCUT2D eigenvalue weighted by Crippen LogP contribution is -2.00. The van der Waals surface area contributed by atoms with Crippen LogP contribution in [0.5, 0.6) is 0 Å². The van der Waals surface area contributed by atoms with Gasteiger partial charge in [-0.05, 0) is 56.8 Å². The molecular formula is C24H42N4O3. The maximum atomic E-state index is 8.36. The Morgan fingerprint density at radius 1 is 1.06 bits per heavy atom. The summed E-state index contributed by atoms with van der Waals surface area (Å²) in [5.74, 6) is 0. The molecule has 0 aromatic heterocycles. The molecule has 6 N–H and O–H groups in total. The van der Waals surface area contributed by atoms with E-state index in [4.69, 9.17) is 21.0 Å². The van der Waals surface area contributed by atoms with Crippen LogP contribution in [0.3, 0.4) is 0 Å². The molecule has 7 nitrogen and oxygen atoms in total. The van der Waals surface area contributed by atoms with Gasteiger partial charge in [-0.3, -0.25) is 4.79 Å². The molecule has 0 aliphatic heterocycles. The van der Waals surface area contributed by atoms with E-state index < -0.39 is 0 Å². The van der Waals surface area contributed by atoms with Gasteiger partial charge in [0.05, 0.1) is 0 Å². The maximum Gasteiger partial charge on any atom is 0.290 e. The van der Waals surface area contributed by atoms with E-state index in [0.717, 1.165) is 29.9 Å². The highest BCUT2D eigenvalue weighted by molar-refractivity contribution is 5.97. The summed E-state index contributed by atoms with van der Waals surface area (Å²) >= 11 is 0. The van der Waals surface area contributed by atoms with Gasteiger partial charge in [-0.15, -0.1) is 0 Å². The Kier molecular flexibility index (Phi) is 28.6. The number of hydrogen-bond acceptors (Lipinski definition) is 6. The van der Waals surface area contributed by atoms with Gasteiger partial charge < -0.3 is 31.6 Å². The largest absolute Gasteiger partial charge is 0.483 e. The fourth-order valence-corrected chi connectivity index (χ4v) is 1.85. The zero-order chi connectivity index (χ0) is 24.3. The van der Waals surface area contributed by atoms with Crippen LogP contribution in [0, 0.1) is 5.41 Å². The lowest BCUT2D eigenvalue weighted by Gasteiger charge is -2.04. The number of hydrogen-bond donors (Lipinski definition) is 5. The molecule has 0 aliphatic carbocycles. The number of rotatable bonds is 6. The Balaban J connectivity index is -0.000000370. The van der Waals surface area contributed by atoms with Crippen molar-refractivity contribution >= 4 is 23.6 Å². The summed E-state index contributed by atoms with van der Waals surface area (Å²) in [6.45, 7) is 4.97. The molecule has 0 saturated heterocycles. The highest BCUT2D eigenvalue weighted by Crippen LogP contribution is 2.10. The van der Waals surface area contributed by atoms with Gasteiger partial charge in [-0.1, -0.05) is 50.6 Å². The lowest BCUT2D eigenvalue weighted by molar-refractivity contribution is -0.122. The molecule has 0 saturated carbocycles. The standard InChI is InChI=1S/C10H16N2.C9H11N.C2H7N.C2H6O.CH2O2/c1-2-3-8-12-10-6-4-9(11)5-7-10;1-2-9(10)8-6-4-3-5-7-8;2*1-3-2;2-1-3/h4-7,12H,2-3,8,11H2,1H3;3-7,10H,2H2,1H3;3H,1-2H3;1-2H3;1H,(H,2,3). The number of methoxy groups -OCH3 is 1. The quantitative estimate of drug-likeness (QED) is 0.194. The summed E-state index contributed by atoms with van der Waals surface area (Å²) in [5, 5.41) is 20.4. The van der Waals surface area contributed by atoms with Gasteiger partial charge in [-0.2, -0.15) is 0 Å². The number of nitrogens with one attached hydrogen (secondary N) is 3. The predicted molar refractivity (Wildman–Crippen MR) is 134 cm³/mol. The first kappa shape index (κ1) is 32.8. The number of carboxylic acid groups (broad SMARTS) is 1. The number of carbonyl (C=O) groups is 1. The number of anilines is 2. The van der Waals surface area contributed by atoms with Crippen LogP contribution in [0.1, 0.15) is 38.7 Å². The van der Waals surface area contributed by atoms with Crippen molar-refractivity contribution in [2.75, 3.05) is 45.9 Å². The molecule has 2 aromatic rings. The van der Waals surface area contributed by atoms with E-state index in [2.05, 4.69) is 22.3 Å². The third-order valence-corrected chi connectivity index (χ3v) is 3.25. The van der Waals surface area contributed by atoms with Crippen molar-refractivity contribution in [2.45, 2.75) is 33.1 Å². The summed E-state index contributed by atoms with van der Waals surface area (Å²) in [6.07, 6.45) is 3.25. The van der Waals surface area contributed by atoms with Gasteiger partial charge in [0.15, 0.2) is 0 Å². The Labute approximate surface area is 188 Å². The van der Waals surface area contributed by atoms with E-state index in [9.17, 15) is 0 Å². The van der Waals surface area contributed by atoms with Crippen molar-refractivity contribution in [1.82, 2.24) is 5.32 Å². The van der Waals surface area contributed by atoms with Crippen LogP contribution >= 0.6 is 0 Å². The zero-order valence-corrected chi connectivity index (χ0v) is 19.9. The Hall–Kier alpha value is -2.90. The van der Waals surface area contributed by atoms with Crippen LogP contribution in [-0.2, 0) is 9.53 Å². The van der Waals surface area contributed by atoms with Crippen molar-refractivity contribution < 1.29 is 14.6 Å². The average Bonchev–Trinajstić information content (AvgIpc) is 2.77. The van der Waals surface area contributed by atoms with Gasteiger partial charge in [0.2, 0.25) is 0 Å². The zero-order valence-electron chi connectivity index (χ0n) is 19.9. The first-order valence-corrected chi connectivity index (χ1v) is 10.2. The molecule has 0 bridgehead atoms. The van der Waals surface area contributed by atoms with Crippen molar-refractivity contribution in [1.29, 1.82) is 5.41 Å². The SMILES string of the molecule is CCC(=N)c1ccccc1.CCCCNc1ccc(N)cc1.CNC.COC.O=CO. The van der Waals surface area contributed by atoms with Gasteiger partial charge >= 0.3 is 0 Å². The molecule has 2 aromatic carbocycles. The summed E-state index contributed by atoms with van der Waals surface area (Å²) in [4.78, 5) is 8.36. The molecule has 0 atom stereocenters. The fraction of sp³-hybridized carbons (Fsp3) is 0.417. The first-order chi connectivity index (χ1) is 14.9. The summed E-state index contributed by atoms with van der Waals surface area (Å²) < 4.78 is 4.25. The second kappa shape index (κ2) is 27.1. The third-order valence-electron chi connectivity index (χ3n) is 3.25. The number of ether oxygens (including phenoxy) is 1. The van der Waals surface area contributed by atoms with Crippen molar-refractivity contribution in [3.05, 3.63) is 60.2 Å². The number of nitrogens with two attached hydrogens (primary N) is 1. The van der Waals surface area contributed by atoms with E-state index in [0.29, 0.717) is 5.71 Å². The predicted octanol–water partition coefficient (Wildman–Crippen LogP) is 4.74. The molecule has 0 radical (unpaired) electrons. The summed E-state index contributed by atoms with van der Waals surface area (Å²) in [7, 11) is 7.00.